The number of amides is 2. The van der Waals surface area contributed by atoms with E-state index in [1.165, 1.54) is 6.08 Å². The minimum atomic E-state index is -1.01. The zero-order chi connectivity index (χ0) is 23.5. The number of hydrogen-bond donors (Lipinski definition) is 3. The van der Waals surface area contributed by atoms with Crippen LogP contribution < -0.4 is 10.8 Å². The Morgan fingerprint density at radius 3 is 2.53 bits per heavy atom. The van der Waals surface area contributed by atoms with Gasteiger partial charge in [0.1, 0.15) is 6.04 Å². The topological polar surface area (TPSA) is 114 Å². The second-order valence-corrected chi connectivity index (χ2v) is 8.53. The van der Waals surface area contributed by atoms with Crippen molar-refractivity contribution in [3.8, 4) is 0 Å². The molecule has 0 radical (unpaired) electrons. The molecule has 2 amide bonds. The molecule has 1 saturated carbocycles. The molecule has 8 heteroatoms. The zero-order valence-corrected chi connectivity index (χ0v) is 19.0. The van der Waals surface area contributed by atoms with Crippen LogP contribution in [0.5, 0.6) is 0 Å². The Hall–Kier alpha value is -2.71. The number of nitrogens with one attached hydrogen (secondary N) is 2. The maximum Gasteiger partial charge on any atom is 0.326 e. The van der Waals surface area contributed by atoms with Crippen LogP contribution in [0.2, 0.25) is 0 Å². The lowest BCUT2D eigenvalue weighted by Crippen LogP contribution is -2.46. The molecule has 176 valence electrons. The molecule has 0 aliphatic heterocycles. The van der Waals surface area contributed by atoms with Crippen LogP contribution in [0.3, 0.4) is 0 Å². The van der Waals surface area contributed by atoms with Crippen molar-refractivity contribution in [1.82, 2.24) is 10.8 Å². The molecule has 0 saturated heterocycles. The normalized spacial score (nSPS) is 16.6. The number of carbonyl (C=O) groups excluding carboxylic acids is 2. The van der Waals surface area contributed by atoms with Gasteiger partial charge in [-0.15, -0.1) is 0 Å². The Bertz CT molecular complexity index is 801. The zero-order valence-electron chi connectivity index (χ0n) is 19.0. The number of hydrogen-bond acceptors (Lipinski definition) is 5. The van der Waals surface area contributed by atoms with Crippen molar-refractivity contribution in [1.29, 1.82) is 0 Å². The Morgan fingerprint density at radius 2 is 1.88 bits per heavy atom. The van der Waals surface area contributed by atoms with Crippen LogP contribution in [0.4, 0.5) is 0 Å². The van der Waals surface area contributed by atoms with E-state index in [1.54, 1.807) is 37.3 Å². The highest BCUT2D eigenvalue weighted by Crippen LogP contribution is 2.27. The fourth-order valence-electron chi connectivity index (χ4n) is 3.57. The number of rotatable bonds is 11. The van der Waals surface area contributed by atoms with Gasteiger partial charge < -0.3 is 15.2 Å². The van der Waals surface area contributed by atoms with E-state index in [0.29, 0.717) is 23.7 Å². The maximum atomic E-state index is 12.7. The molecule has 1 aliphatic carbocycles. The highest BCUT2D eigenvalue weighted by Gasteiger charge is 2.30. The summed E-state index contributed by atoms with van der Waals surface area (Å²) in [5.74, 6) is -1.62. The molecule has 1 aliphatic rings. The quantitative estimate of drug-likeness (QED) is 0.272. The predicted octanol–water partition coefficient (Wildman–Crippen LogP) is 3.53. The van der Waals surface area contributed by atoms with Gasteiger partial charge in [0.25, 0.3) is 11.8 Å². The fraction of sp³-hybridized carbons (Fsp3) is 0.542. The largest absolute Gasteiger partial charge is 0.480 e. The van der Waals surface area contributed by atoms with Crippen LogP contribution in [0.1, 0.15) is 68.8 Å². The summed E-state index contributed by atoms with van der Waals surface area (Å²) < 4.78 is 5.40. The summed E-state index contributed by atoms with van der Waals surface area (Å²) in [6.45, 7) is 6.23. The van der Waals surface area contributed by atoms with E-state index in [4.69, 9.17) is 9.57 Å². The van der Waals surface area contributed by atoms with Gasteiger partial charge in [-0.2, -0.15) is 0 Å². The van der Waals surface area contributed by atoms with Crippen molar-refractivity contribution >= 4 is 23.9 Å². The molecule has 1 unspecified atom stereocenters. The number of carboxylic acids is 1. The van der Waals surface area contributed by atoms with Crippen molar-refractivity contribution < 1.29 is 29.1 Å². The molecular formula is C24H34N2O6. The Morgan fingerprint density at radius 1 is 1.16 bits per heavy atom. The summed E-state index contributed by atoms with van der Waals surface area (Å²) in [6, 6.07) is 5.74. The van der Waals surface area contributed by atoms with Gasteiger partial charge in [0, 0.05) is 11.6 Å². The van der Waals surface area contributed by atoms with Crippen LogP contribution in [0, 0.1) is 11.8 Å². The van der Waals surface area contributed by atoms with Crippen LogP contribution >= 0.6 is 0 Å². The van der Waals surface area contributed by atoms with Crippen LogP contribution in [0.25, 0.3) is 6.08 Å². The van der Waals surface area contributed by atoms with Crippen molar-refractivity contribution in [2.24, 2.45) is 11.8 Å². The fourth-order valence-corrected chi connectivity index (χ4v) is 3.57. The van der Waals surface area contributed by atoms with Crippen LogP contribution in [0.15, 0.2) is 30.3 Å². The van der Waals surface area contributed by atoms with E-state index in [9.17, 15) is 19.5 Å². The third-order valence-electron chi connectivity index (χ3n) is 5.24. The number of benzene rings is 1. The molecule has 1 aromatic rings. The summed E-state index contributed by atoms with van der Waals surface area (Å²) in [6.07, 6.45) is 6.94. The first kappa shape index (κ1) is 25.5. The lowest BCUT2D eigenvalue weighted by atomic mass is 9.84. The van der Waals surface area contributed by atoms with Gasteiger partial charge in [0.15, 0.2) is 6.29 Å². The summed E-state index contributed by atoms with van der Waals surface area (Å²) in [5, 5.41) is 12.3. The van der Waals surface area contributed by atoms with Crippen LogP contribution in [-0.2, 0) is 19.2 Å². The van der Waals surface area contributed by atoms with Crippen molar-refractivity contribution in [2.45, 2.75) is 65.2 Å². The molecule has 2 atom stereocenters. The van der Waals surface area contributed by atoms with Gasteiger partial charge in [-0.3, -0.25) is 9.59 Å². The third-order valence-corrected chi connectivity index (χ3v) is 5.24. The molecule has 1 aromatic carbocycles. The van der Waals surface area contributed by atoms with E-state index in [1.807, 2.05) is 13.8 Å². The van der Waals surface area contributed by atoms with Gasteiger partial charge in [-0.25, -0.2) is 15.1 Å². The summed E-state index contributed by atoms with van der Waals surface area (Å²) in [7, 11) is 0. The SMILES string of the molecule is CC(C)COC(C)ONC(=O)C=Cc1cccc(C(=O)N[C@H](C(=O)O)C2CCCCC2)c1. The number of ether oxygens (including phenoxy) is 1. The molecule has 8 nitrogen and oxygen atoms in total. The van der Waals surface area contributed by atoms with Gasteiger partial charge in [0.2, 0.25) is 0 Å². The molecule has 1 fully saturated rings. The number of carbonyl (C=O) groups is 3. The van der Waals surface area contributed by atoms with Gasteiger partial charge in [-0.1, -0.05) is 45.2 Å². The minimum absolute atomic E-state index is 0.0520. The van der Waals surface area contributed by atoms with Crippen LogP contribution in [-0.4, -0.2) is 41.8 Å². The number of carboxylic acid groups (broad SMARTS) is 1. The van der Waals surface area contributed by atoms with E-state index in [0.717, 1.165) is 32.1 Å². The first-order valence-electron chi connectivity index (χ1n) is 11.1. The average Bonchev–Trinajstić information content (AvgIpc) is 2.78. The van der Waals surface area contributed by atoms with E-state index >= 15 is 0 Å². The highest BCUT2D eigenvalue weighted by atomic mass is 16.8. The molecular weight excluding hydrogens is 412 g/mol. The highest BCUT2D eigenvalue weighted by molar-refractivity contribution is 5.97. The first-order chi connectivity index (χ1) is 15.3. The molecule has 2 rings (SSSR count). The lowest BCUT2D eigenvalue weighted by molar-refractivity contribution is -0.180. The molecule has 0 spiro atoms. The Labute approximate surface area is 189 Å². The number of aliphatic carboxylic acids is 1. The maximum absolute atomic E-state index is 12.7. The smallest absolute Gasteiger partial charge is 0.326 e. The molecule has 32 heavy (non-hydrogen) atoms. The monoisotopic (exact) mass is 446 g/mol. The predicted molar refractivity (Wildman–Crippen MR) is 120 cm³/mol. The molecule has 0 bridgehead atoms. The standard InChI is InChI=1S/C24H34N2O6/c1-16(2)15-31-17(3)32-26-21(27)13-12-18-8-7-11-20(14-18)23(28)25-22(24(29)30)19-9-5-4-6-10-19/h7-8,11-14,16-17,19,22H,4-6,9-10,15H2,1-3H3,(H,25,28)(H,26,27)(H,29,30)/t17?,22-/m0/s1. The van der Waals surface area contributed by atoms with Gasteiger partial charge in [-0.05, 0) is 55.4 Å². The average molecular weight is 447 g/mol. The van der Waals surface area contributed by atoms with Gasteiger partial charge in [0.05, 0.1) is 6.61 Å². The van der Waals surface area contributed by atoms with E-state index in [2.05, 4.69) is 10.8 Å². The third kappa shape index (κ3) is 8.80. The minimum Gasteiger partial charge on any atom is -0.480 e. The Balaban J connectivity index is 1.91. The van der Waals surface area contributed by atoms with E-state index in [-0.39, 0.29) is 5.92 Å². The summed E-state index contributed by atoms with van der Waals surface area (Å²) in [5.41, 5.74) is 3.25. The van der Waals surface area contributed by atoms with E-state index < -0.39 is 30.1 Å². The molecule has 0 aromatic heterocycles. The molecule has 0 heterocycles. The second kappa shape index (κ2) is 13.0. The number of hydroxylamine groups is 1. The summed E-state index contributed by atoms with van der Waals surface area (Å²) in [4.78, 5) is 41.5. The Kier molecular flexibility index (Phi) is 10.4. The van der Waals surface area contributed by atoms with Crippen molar-refractivity contribution in [2.75, 3.05) is 6.61 Å². The second-order valence-electron chi connectivity index (χ2n) is 8.53. The van der Waals surface area contributed by atoms with Crippen molar-refractivity contribution in [3.63, 3.8) is 0 Å². The summed E-state index contributed by atoms with van der Waals surface area (Å²) >= 11 is 0. The lowest BCUT2D eigenvalue weighted by Gasteiger charge is -2.28. The first-order valence-corrected chi connectivity index (χ1v) is 11.1. The van der Waals surface area contributed by atoms with Crippen molar-refractivity contribution in [3.05, 3.63) is 41.5 Å². The van der Waals surface area contributed by atoms with Gasteiger partial charge >= 0.3 is 5.97 Å². The molecule has 3 N–H and O–H groups in total.